The number of carbonyl (C=O) groups is 1. The lowest BCUT2D eigenvalue weighted by molar-refractivity contribution is 0.0941. The summed E-state index contributed by atoms with van der Waals surface area (Å²) in [4.78, 5) is 12.0. The molecule has 1 aliphatic rings. The maximum absolute atomic E-state index is 12.0. The van der Waals surface area contributed by atoms with E-state index < -0.39 is 9.84 Å². The first-order chi connectivity index (χ1) is 9.35. The number of carbonyl (C=O) groups excluding carboxylic acids is 1. The van der Waals surface area contributed by atoms with Gasteiger partial charge in [-0.25, -0.2) is 8.42 Å². The van der Waals surface area contributed by atoms with E-state index in [-0.39, 0.29) is 29.6 Å². The fourth-order valence-electron chi connectivity index (χ4n) is 2.13. The zero-order chi connectivity index (χ0) is 14.8. The van der Waals surface area contributed by atoms with Crippen molar-refractivity contribution in [1.29, 1.82) is 0 Å². The van der Waals surface area contributed by atoms with Crippen LogP contribution in [0.5, 0.6) is 5.75 Å². The molecule has 1 heterocycles. The van der Waals surface area contributed by atoms with Gasteiger partial charge in [-0.1, -0.05) is 0 Å². The highest BCUT2D eigenvalue weighted by atomic mass is 32.2. The van der Waals surface area contributed by atoms with Gasteiger partial charge in [0.15, 0.2) is 9.84 Å². The van der Waals surface area contributed by atoms with Crippen LogP contribution in [0.15, 0.2) is 24.3 Å². The predicted octanol–water partition coefficient (Wildman–Crippen LogP) is 1.39. The number of nitrogens with one attached hydrogen (secondary N) is 1. The van der Waals surface area contributed by atoms with Crippen LogP contribution in [0.2, 0.25) is 0 Å². The fraction of sp³-hybridized carbons (Fsp3) is 0.500. The Hall–Kier alpha value is -1.56. The lowest BCUT2D eigenvalue weighted by atomic mass is 10.2. The molecule has 0 aromatic heterocycles. The summed E-state index contributed by atoms with van der Waals surface area (Å²) >= 11 is 0. The van der Waals surface area contributed by atoms with Gasteiger partial charge in [0.2, 0.25) is 0 Å². The molecule has 1 aliphatic heterocycles. The molecule has 0 unspecified atom stereocenters. The first-order valence-corrected chi connectivity index (χ1v) is 8.46. The Morgan fingerprint density at radius 3 is 2.45 bits per heavy atom. The topological polar surface area (TPSA) is 72.5 Å². The van der Waals surface area contributed by atoms with E-state index in [0.29, 0.717) is 17.7 Å². The number of hydrogen-bond acceptors (Lipinski definition) is 4. The van der Waals surface area contributed by atoms with Crippen molar-refractivity contribution in [3.63, 3.8) is 0 Å². The summed E-state index contributed by atoms with van der Waals surface area (Å²) in [6, 6.07) is 6.55. The zero-order valence-corrected chi connectivity index (χ0v) is 12.4. The average molecular weight is 297 g/mol. The summed E-state index contributed by atoms with van der Waals surface area (Å²) in [7, 11) is -2.98. The summed E-state index contributed by atoms with van der Waals surface area (Å²) in [6.07, 6.45) is 0.571. The fourth-order valence-corrected chi connectivity index (χ4v) is 3.81. The molecule has 1 aromatic rings. The highest BCUT2D eigenvalue weighted by Gasteiger charge is 2.29. The standard InChI is InChI=1S/C14H19NO4S/c1-10(2)19-13-5-3-11(4-6-13)14(16)15-12-7-8-20(17,18)9-12/h3-6,10,12H,7-9H2,1-2H3,(H,15,16)/t12-/m0/s1. The Morgan fingerprint density at radius 1 is 1.30 bits per heavy atom. The van der Waals surface area contributed by atoms with Crippen LogP contribution in [0.1, 0.15) is 30.6 Å². The van der Waals surface area contributed by atoms with Crippen LogP contribution in [-0.2, 0) is 9.84 Å². The molecule has 1 amide bonds. The maximum atomic E-state index is 12.0. The third-order valence-corrected chi connectivity index (χ3v) is 4.82. The smallest absolute Gasteiger partial charge is 0.251 e. The van der Waals surface area contributed by atoms with E-state index >= 15 is 0 Å². The van der Waals surface area contributed by atoms with Crippen LogP contribution in [0.4, 0.5) is 0 Å². The van der Waals surface area contributed by atoms with Crippen LogP contribution < -0.4 is 10.1 Å². The normalized spacial score (nSPS) is 20.9. The van der Waals surface area contributed by atoms with E-state index in [1.54, 1.807) is 24.3 Å². The molecule has 110 valence electrons. The molecular weight excluding hydrogens is 278 g/mol. The van der Waals surface area contributed by atoms with Crippen molar-refractivity contribution >= 4 is 15.7 Å². The van der Waals surface area contributed by atoms with Crippen LogP contribution in [0.3, 0.4) is 0 Å². The van der Waals surface area contributed by atoms with Crippen molar-refractivity contribution in [2.45, 2.75) is 32.4 Å². The van der Waals surface area contributed by atoms with E-state index in [9.17, 15) is 13.2 Å². The molecule has 1 fully saturated rings. The molecule has 0 radical (unpaired) electrons. The number of amides is 1. The Labute approximate surface area is 119 Å². The SMILES string of the molecule is CC(C)Oc1ccc(C(=O)N[C@H]2CCS(=O)(=O)C2)cc1. The number of hydrogen-bond donors (Lipinski definition) is 1. The summed E-state index contributed by atoms with van der Waals surface area (Å²) in [5.41, 5.74) is 0.505. The Morgan fingerprint density at radius 2 is 1.95 bits per heavy atom. The molecule has 1 saturated heterocycles. The van der Waals surface area contributed by atoms with Crippen molar-refractivity contribution in [3.05, 3.63) is 29.8 Å². The van der Waals surface area contributed by atoms with Crippen molar-refractivity contribution in [2.24, 2.45) is 0 Å². The van der Waals surface area contributed by atoms with Crippen molar-refractivity contribution < 1.29 is 17.9 Å². The maximum Gasteiger partial charge on any atom is 0.251 e. The summed E-state index contributed by atoms with van der Waals surface area (Å²) < 4.78 is 28.2. The summed E-state index contributed by atoms with van der Waals surface area (Å²) in [5, 5.41) is 2.75. The molecule has 6 heteroatoms. The van der Waals surface area contributed by atoms with E-state index in [0.717, 1.165) is 0 Å². The van der Waals surface area contributed by atoms with E-state index in [1.807, 2.05) is 13.8 Å². The Kier molecular flexibility index (Phi) is 4.32. The minimum absolute atomic E-state index is 0.0350. The zero-order valence-electron chi connectivity index (χ0n) is 11.6. The highest BCUT2D eigenvalue weighted by Crippen LogP contribution is 2.15. The Balaban J connectivity index is 1.96. The predicted molar refractivity (Wildman–Crippen MR) is 76.7 cm³/mol. The molecule has 1 aromatic carbocycles. The molecule has 5 nitrogen and oxygen atoms in total. The van der Waals surface area contributed by atoms with Gasteiger partial charge in [-0.05, 0) is 44.5 Å². The van der Waals surface area contributed by atoms with Gasteiger partial charge in [-0.3, -0.25) is 4.79 Å². The first kappa shape index (κ1) is 14.8. The molecule has 1 N–H and O–H groups in total. The van der Waals surface area contributed by atoms with Gasteiger partial charge >= 0.3 is 0 Å². The van der Waals surface area contributed by atoms with Crippen molar-refractivity contribution in [1.82, 2.24) is 5.32 Å². The minimum Gasteiger partial charge on any atom is -0.491 e. The van der Waals surface area contributed by atoms with Gasteiger partial charge in [0.1, 0.15) is 5.75 Å². The second kappa shape index (κ2) is 5.83. The van der Waals surface area contributed by atoms with E-state index in [4.69, 9.17) is 4.74 Å². The van der Waals surface area contributed by atoms with E-state index in [2.05, 4.69) is 5.32 Å². The molecular formula is C14H19NO4S. The van der Waals surface area contributed by atoms with Gasteiger partial charge in [0.25, 0.3) is 5.91 Å². The van der Waals surface area contributed by atoms with E-state index in [1.165, 1.54) is 0 Å². The van der Waals surface area contributed by atoms with Gasteiger partial charge in [-0.15, -0.1) is 0 Å². The van der Waals surface area contributed by atoms with Crippen LogP contribution in [-0.4, -0.2) is 38.0 Å². The quantitative estimate of drug-likeness (QED) is 0.911. The molecule has 0 saturated carbocycles. The molecule has 20 heavy (non-hydrogen) atoms. The van der Waals surface area contributed by atoms with Crippen molar-refractivity contribution in [2.75, 3.05) is 11.5 Å². The number of ether oxygens (including phenoxy) is 1. The summed E-state index contributed by atoms with van der Waals surface area (Å²) in [5.74, 6) is 0.648. The second-order valence-corrected chi connectivity index (χ2v) is 7.49. The highest BCUT2D eigenvalue weighted by molar-refractivity contribution is 7.91. The van der Waals surface area contributed by atoms with Crippen LogP contribution >= 0.6 is 0 Å². The van der Waals surface area contributed by atoms with Crippen LogP contribution in [0, 0.1) is 0 Å². The molecule has 0 aliphatic carbocycles. The van der Waals surface area contributed by atoms with Gasteiger partial charge in [0, 0.05) is 11.6 Å². The van der Waals surface area contributed by atoms with Gasteiger partial charge < -0.3 is 10.1 Å². The Bertz CT molecular complexity index is 578. The second-order valence-electron chi connectivity index (χ2n) is 5.26. The van der Waals surface area contributed by atoms with Gasteiger partial charge in [-0.2, -0.15) is 0 Å². The minimum atomic E-state index is -2.98. The van der Waals surface area contributed by atoms with Crippen LogP contribution in [0.25, 0.3) is 0 Å². The van der Waals surface area contributed by atoms with Crippen molar-refractivity contribution in [3.8, 4) is 5.75 Å². The third-order valence-electron chi connectivity index (χ3n) is 3.06. The van der Waals surface area contributed by atoms with Gasteiger partial charge in [0.05, 0.1) is 17.6 Å². The molecule has 0 spiro atoms. The summed E-state index contributed by atoms with van der Waals surface area (Å²) in [6.45, 7) is 3.86. The molecule has 0 bridgehead atoms. The largest absolute Gasteiger partial charge is 0.491 e. The molecule has 1 atom stereocenters. The lowest BCUT2D eigenvalue weighted by Gasteiger charge is -2.12. The third kappa shape index (κ3) is 3.96. The molecule has 2 rings (SSSR count). The number of sulfone groups is 1. The number of rotatable bonds is 4. The lowest BCUT2D eigenvalue weighted by Crippen LogP contribution is -2.35. The number of benzene rings is 1. The monoisotopic (exact) mass is 297 g/mol. The first-order valence-electron chi connectivity index (χ1n) is 6.64. The average Bonchev–Trinajstić information content (AvgIpc) is 2.68.